The summed E-state index contributed by atoms with van der Waals surface area (Å²) >= 11 is 0. The highest BCUT2D eigenvalue weighted by Gasteiger charge is 2.45. The Balaban J connectivity index is 2.00. The first-order chi connectivity index (χ1) is 8.54. The van der Waals surface area contributed by atoms with Gasteiger partial charge in [0.05, 0.1) is 12.0 Å². The van der Waals surface area contributed by atoms with Crippen LogP contribution in [-0.4, -0.2) is 32.0 Å². The molecule has 2 rings (SSSR count). The molecule has 1 saturated carbocycles. The highest BCUT2D eigenvalue weighted by molar-refractivity contribution is 7.90. The average molecular weight is 270 g/mol. The normalized spacial score (nSPS) is 22.5. The fraction of sp³-hybridized carbons (Fsp3) is 0.455. The van der Waals surface area contributed by atoms with Crippen molar-refractivity contribution in [2.75, 3.05) is 6.61 Å². The fourth-order valence-electron chi connectivity index (χ4n) is 1.62. The number of aromatic nitrogens is 1. The number of nitrogens with zero attached hydrogens (tertiary/aromatic N) is 1. The zero-order chi connectivity index (χ0) is 13.2. The van der Waals surface area contributed by atoms with E-state index in [2.05, 4.69) is 4.98 Å². The van der Waals surface area contributed by atoms with Crippen molar-refractivity contribution < 1.29 is 17.9 Å². The summed E-state index contributed by atoms with van der Waals surface area (Å²) in [4.78, 5) is 15.4. The lowest BCUT2D eigenvalue weighted by molar-refractivity contribution is -0.121. The van der Waals surface area contributed by atoms with Crippen molar-refractivity contribution in [3.8, 4) is 0 Å². The molecule has 1 heterocycles. The van der Waals surface area contributed by atoms with E-state index in [1.54, 1.807) is 0 Å². The van der Waals surface area contributed by atoms with Gasteiger partial charge in [-0.25, -0.2) is 13.1 Å². The molecular weight excluding hydrogens is 256 g/mol. The molecular formula is C11H14N2O4S. The minimum atomic E-state index is -3.82. The van der Waals surface area contributed by atoms with Crippen molar-refractivity contribution in [1.29, 1.82) is 0 Å². The third-order valence-corrected chi connectivity index (χ3v) is 3.96. The second-order valence-corrected chi connectivity index (χ2v) is 5.68. The van der Waals surface area contributed by atoms with Gasteiger partial charge >= 0.3 is 0 Å². The largest absolute Gasteiger partial charge is 0.378 e. The van der Waals surface area contributed by atoms with E-state index < -0.39 is 15.9 Å². The number of carbonyl (C=O) groups excluding carboxylic acids is 1. The van der Waals surface area contributed by atoms with Gasteiger partial charge in [0.1, 0.15) is 4.90 Å². The van der Waals surface area contributed by atoms with Gasteiger partial charge in [0.2, 0.25) is 5.91 Å². The number of hydrogen-bond acceptors (Lipinski definition) is 5. The molecule has 1 aromatic heterocycles. The Labute approximate surface area is 105 Å². The summed E-state index contributed by atoms with van der Waals surface area (Å²) < 4.78 is 30.9. The van der Waals surface area contributed by atoms with Crippen LogP contribution in [-0.2, 0) is 19.6 Å². The molecule has 7 heteroatoms. The molecule has 0 unspecified atom stereocenters. The maximum atomic E-state index is 11.8. The van der Waals surface area contributed by atoms with E-state index in [1.165, 1.54) is 24.5 Å². The van der Waals surface area contributed by atoms with Crippen LogP contribution in [0.3, 0.4) is 0 Å². The van der Waals surface area contributed by atoms with Crippen molar-refractivity contribution in [2.24, 2.45) is 5.92 Å². The first-order valence-electron chi connectivity index (χ1n) is 5.63. The summed E-state index contributed by atoms with van der Waals surface area (Å²) in [7, 11) is -3.82. The van der Waals surface area contributed by atoms with Crippen LogP contribution in [0.4, 0.5) is 0 Å². The van der Waals surface area contributed by atoms with Crippen LogP contribution >= 0.6 is 0 Å². The Morgan fingerprint density at radius 2 is 2.39 bits per heavy atom. The number of hydrogen-bond donors (Lipinski definition) is 1. The number of pyridine rings is 1. The monoisotopic (exact) mass is 270 g/mol. The van der Waals surface area contributed by atoms with Crippen LogP contribution in [0.5, 0.6) is 0 Å². The zero-order valence-corrected chi connectivity index (χ0v) is 10.7. The van der Waals surface area contributed by atoms with Crippen LogP contribution in [0.2, 0.25) is 0 Å². The van der Waals surface area contributed by atoms with Crippen LogP contribution in [0, 0.1) is 5.92 Å². The van der Waals surface area contributed by atoms with Crippen molar-refractivity contribution >= 4 is 15.9 Å². The summed E-state index contributed by atoms with van der Waals surface area (Å²) in [6.07, 6.45) is 3.08. The highest BCUT2D eigenvalue weighted by atomic mass is 32.2. The summed E-state index contributed by atoms with van der Waals surface area (Å²) in [5, 5.41) is 0. The minimum Gasteiger partial charge on any atom is -0.378 e. The average Bonchev–Trinajstić information content (AvgIpc) is 3.10. The van der Waals surface area contributed by atoms with Gasteiger partial charge in [-0.15, -0.1) is 0 Å². The summed E-state index contributed by atoms with van der Waals surface area (Å²) in [5.74, 6) is -0.881. The van der Waals surface area contributed by atoms with Crippen LogP contribution in [0.25, 0.3) is 0 Å². The smallest absolute Gasteiger partial charge is 0.265 e. The minimum absolute atomic E-state index is 0.0213. The number of sulfonamides is 1. The number of nitrogens with one attached hydrogen (secondary N) is 1. The van der Waals surface area contributed by atoms with Gasteiger partial charge in [0, 0.05) is 19.0 Å². The Morgan fingerprint density at radius 3 is 3.00 bits per heavy atom. The van der Waals surface area contributed by atoms with E-state index in [9.17, 15) is 13.2 Å². The molecule has 0 bridgehead atoms. The Bertz CT molecular complexity index is 529. The van der Waals surface area contributed by atoms with E-state index >= 15 is 0 Å². The molecule has 1 amide bonds. The third kappa shape index (κ3) is 2.85. The number of rotatable bonds is 5. The lowest BCUT2D eigenvalue weighted by Crippen LogP contribution is -2.32. The predicted octanol–water partition coefficient (Wildman–Crippen LogP) is 0.311. The zero-order valence-electron chi connectivity index (χ0n) is 9.87. The quantitative estimate of drug-likeness (QED) is 0.832. The number of ether oxygens (including phenoxy) is 1. The van der Waals surface area contributed by atoms with Gasteiger partial charge in [-0.2, -0.15) is 0 Å². The Morgan fingerprint density at radius 1 is 1.61 bits per heavy atom. The van der Waals surface area contributed by atoms with Crippen LogP contribution in [0.15, 0.2) is 29.4 Å². The van der Waals surface area contributed by atoms with Gasteiger partial charge in [0.25, 0.3) is 10.0 Å². The second-order valence-electron chi connectivity index (χ2n) is 3.99. The van der Waals surface area contributed by atoms with Gasteiger partial charge in [-0.1, -0.05) is 0 Å². The summed E-state index contributed by atoms with van der Waals surface area (Å²) in [5.41, 5.74) is 0. The van der Waals surface area contributed by atoms with E-state index in [-0.39, 0.29) is 16.9 Å². The van der Waals surface area contributed by atoms with Crippen molar-refractivity contribution in [2.45, 2.75) is 24.3 Å². The third-order valence-electron chi connectivity index (χ3n) is 2.63. The van der Waals surface area contributed by atoms with Crippen molar-refractivity contribution in [3.05, 3.63) is 24.5 Å². The highest BCUT2D eigenvalue weighted by Crippen LogP contribution is 2.34. The van der Waals surface area contributed by atoms with Crippen LogP contribution in [0.1, 0.15) is 13.3 Å². The molecule has 6 nitrogen and oxygen atoms in total. The maximum absolute atomic E-state index is 11.8. The predicted molar refractivity (Wildman–Crippen MR) is 63.1 cm³/mol. The molecule has 1 N–H and O–H groups in total. The molecule has 1 fully saturated rings. The van der Waals surface area contributed by atoms with Crippen molar-refractivity contribution in [3.63, 3.8) is 0 Å². The molecule has 0 spiro atoms. The van der Waals surface area contributed by atoms with Gasteiger partial charge < -0.3 is 4.74 Å². The van der Waals surface area contributed by atoms with E-state index in [4.69, 9.17) is 4.74 Å². The van der Waals surface area contributed by atoms with Gasteiger partial charge in [-0.3, -0.25) is 9.78 Å². The first-order valence-corrected chi connectivity index (χ1v) is 7.11. The van der Waals surface area contributed by atoms with Gasteiger partial charge in [-0.05, 0) is 25.5 Å². The standard InChI is InChI=1S/C11H14N2O4S/c1-2-17-10-6-9(10)11(14)13-18(15,16)8-4-3-5-12-7-8/h3-5,7,9-10H,2,6H2,1H3,(H,13,14)/t9-,10-/m1/s1. The van der Waals surface area contributed by atoms with E-state index in [0.29, 0.717) is 13.0 Å². The maximum Gasteiger partial charge on any atom is 0.265 e. The van der Waals surface area contributed by atoms with Crippen molar-refractivity contribution in [1.82, 2.24) is 9.71 Å². The topological polar surface area (TPSA) is 85.4 Å². The molecule has 2 atom stereocenters. The fourth-order valence-corrected chi connectivity index (χ4v) is 2.61. The van der Waals surface area contributed by atoms with Crippen LogP contribution < -0.4 is 4.72 Å². The summed E-state index contributed by atoms with van der Waals surface area (Å²) in [6, 6.07) is 2.88. The van der Waals surface area contributed by atoms with E-state index in [0.717, 1.165) is 0 Å². The molecule has 98 valence electrons. The lowest BCUT2D eigenvalue weighted by atomic mass is 10.4. The molecule has 0 aliphatic heterocycles. The summed E-state index contributed by atoms with van der Waals surface area (Å²) in [6.45, 7) is 2.35. The van der Waals surface area contributed by atoms with Gasteiger partial charge in [0.15, 0.2) is 0 Å². The first kappa shape index (κ1) is 13.0. The number of carbonyl (C=O) groups is 1. The molecule has 0 saturated heterocycles. The molecule has 0 aromatic carbocycles. The molecule has 1 aliphatic carbocycles. The lowest BCUT2D eigenvalue weighted by Gasteiger charge is -2.06. The molecule has 1 aliphatic rings. The van der Waals surface area contributed by atoms with E-state index in [1.807, 2.05) is 11.6 Å². The second kappa shape index (κ2) is 5.03. The molecule has 1 aromatic rings. The molecule has 0 radical (unpaired) electrons. The SMILES string of the molecule is CCO[C@@H]1C[C@H]1C(=O)NS(=O)(=O)c1cccnc1. The number of amides is 1. The Kier molecular flexibility index (Phi) is 3.63. The molecule has 18 heavy (non-hydrogen) atoms. The Hall–Kier alpha value is -1.47.